The van der Waals surface area contributed by atoms with E-state index in [9.17, 15) is 5.11 Å². The van der Waals surface area contributed by atoms with Crippen LogP contribution in [0.2, 0.25) is 0 Å². The van der Waals surface area contributed by atoms with E-state index in [4.69, 9.17) is 9.57 Å². The van der Waals surface area contributed by atoms with Gasteiger partial charge in [0, 0.05) is 7.05 Å². The smallest absolute Gasteiger partial charge is 0.186 e. The Bertz CT molecular complexity index is 285. The standard InChI is InChI=1S/C10H18N2O3S/c1-6(13)8-5-4-7-9(15-8)16-10(11-7)12(2)14-3/h6-9,13H,4-5H2,1-3H3/t6-,7+,8+,9+/m0/s1. The van der Waals surface area contributed by atoms with E-state index in [1.54, 1.807) is 30.9 Å². The summed E-state index contributed by atoms with van der Waals surface area (Å²) in [6.45, 7) is 1.77. The summed E-state index contributed by atoms with van der Waals surface area (Å²) in [6, 6.07) is 0.201. The van der Waals surface area contributed by atoms with Gasteiger partial charge >= 0.3 is 0 Å². The topological polar surface area (TPSA) is 54.3 Å². The van der Waals surface area contributed by atoms with Crippen LogP contribution in [0, 0.1) is 0 Å². The van der Waals surface area contributed by atoms with Crippen molar-refractivity contribution in [3.05, 3.63) is 0 Å². The monoisotopic (exact) mass is 246 g/mol. The molecule has 16 heavy (non-hydrogen) atoms. The lowest BCUT2D eigenvalue weighted by Gasteiger charge is -2.32. The van der Waals surface area contributed by atoms with Crippen molar-refractivity contribution in [2.24, 2.45) is 4.99 Å². The Morgan fingerprint density at radius 3 is 3.00 bits per heavy atom. The SMILES string of the molecule is CON(C)C1=N[C@@H]2CC[C@H]([C@H](C)O)O[C@@H]2S1. The Morgan fingerprint density at radius 2 is 2.38 bits per heavy atom. The number of ether oxygens (including phenoxy) is 1. The van der Waals surface area contributed by atoms with Gasteiger partial charge in [-0.05, 0) is 19.8 Å². The van der Waals surface area contributed by atoms with Crippen LogP contribution in [0.25, 0.3) is 0 Å². The van der Waals surface area contributed by atoms with Crippen LogP contribution in [0.15, 0.2) is 4.99 Å². The average molecular weight is 246 g/mol. The second-order valence-corrected chi connectivity index (χ2v) is 5.20. The number of aliphatic hydroxyl groups excluding tert-OH is 1. The molecule has 92 valence electrons. The number of hydroxylamine groups is 2. The van der Waals surface area contributed by atoms with Crippen LogP contribution < -0.4 is 0 Å². The molecule has 2 rings (SSSR count). The molecule has 0 aromatic heterocycles. The van der Waals surface area contributed by atoms with E-state index >= 15 is 0 Å². The van der Waals surface area contributed by atoms with Gasteiger partial charge in [-0.15, -0.1) is 0 Å². The lowest BCUT2D eigenvalue weighted by atomic mass is 10.0. The second-order valence-electron chi connectivity index (χ2n) is 4.14. The van der Waals surface area contributed by atoms with Gasteiger partial charge in [-0.2, -0.15) is 0 Å². The highest BCUT2D eigenvalue weighted by molar-refractivity contribution is 8.14. The van der Waals surface area contributed by atoms with Gasteiger partial charge in [0.05, 0.1) is 25.4 Å². The molecule has 2 aliphatic heterocycles. The molecule has 0 aromatic carbocycles. The molecule has 0 spiro atoms. The molecule has 1 N–H and O–H groups in total. The molecule has 4 atom stereocenters. The average Bonchev–Trinajstić information content (AvgIpc) is 2.70. The highest BCUT2D eigenvalue weighted by Crippen LogP contribution is 2.37. The lowest BCUT2D eigenvalue weighted by Crippen LogP contribution is -2.39. The van der Waals surface area contributed by atoms with E-state index in [1.807, 2.05) is 7.05 Å². The third-order valence-electron chi connectivity index (χ3n) is 2.95. The minimum atomic E-state index is -0.411. The summed E-state index contributed by atoms with van der Waals surface area (Å²) in [5, 5.41) is 12.0. The molecule has 2 heterocycles. The van der Waals surface area contributed by atoms with Crippen molar-refractivity contribution >= 4 is 16.9 Å². The number of nitrogens with zero attached hydrogens (tertiary/aromatic N) is 2. The second kappa shape index (κ2) is 4.91. The van der Waals surface area contributed by atoms with Crippen molar-refractivity contribution in [1.29, 1.82) is 0 Å². The van der Waals surface area contributed by atoms with Crippen LogP contribution in [0.5, 0.6) is 0 Å². The van der Waals surface area contributed by atoms with Crippen molar-refractivity contribution in [3.8, 4) is 0 Å². The maximum Gasteiger partial charge on any atom is 0.186 e. The fourth-order valence-electron chi connectivity index (χ4n) is 1.90. The molecule has 0 amide bonds. The van der Waals surface area contributed by atoms with Crippen molar-refractivity contribution in [3.63, 3.8) is 0 Å². The van der Waals surface area contributed by atoms with Gasteiger partial charge in [-0.1, -0.05) is 11.8 Å². The van der Waals surface area contributed by atoms with Crippen molar-refractivity contribution in [1.82, 2.24) is 5.06 Å². The molecule has 5 nitrogen and oxygen atoms in total. The van der Waals surface area contributed by atoms with E-state index in [0.717, 1.165) is 18.0 Å². The van der Waals surface area contributed by atoms with Gasteiger partial charge in [0.1, 0.15) is 5.44 Å². The number of hydrogen-bond acceptors (Lipinski definition) is 6. The third kappa shape index (κ3) is 2.34. The van der Waals surface area contributed by atoms with Crippen LogP contribution in [0.4, 0.5) is 0 Å². The van der Waals surface area contributed by atoms with Gasteiger partial charge in [0.25, 0.3) is 0 Å². The Hall–Kier alpha value is -0.300. The zero-order valence-electron chi connectivity index (χ0n) is 9.79. The van der Waals surface area contributed by atoms with E-state index in [-0.39, 0.29) is 17.6 Å². The minimum Gasteiger partial charge on any atom is -0.391 e. The molecule has 1 fully saturated rings. The number of fused-ring (bicyclic) bond motifs is 1. The highest BCUT2D eigenvalue weighted by Gasteiger charge is 2.39. The summed E-state index contributed by atoms with van der Waals surface area (Å²) in [5.74, 6) is 0. The normalized spacial score (nSPS) is 35.5. The molecule has 2 aliphatic rings. The van der Waals surface area contributed by atoms with Gasteiger partial charge in [0.2, 0.25) is 0 Å². The predicted molar refractivity (Wildman–Crippen MR) is 63.2 cm³/mol. The third-order valence-corrected chi connectivity index (χ3v) is 4.18. The number of hydrogen-bond donors (Lipinski definition) is 1. The molecule has 0 saturated carbocycles. The lowest BCUT2D eigenvalue weighted by molar-refractivity contribution is -0.0730. The van der Waals surface area contributed by atoms with Crippen molar-refractivity contribution in [2.45, 2.75) is 43.5 Å². The first-order valence-corrected chi connectivity index (χ1v) is 6.35. The molecule has 0 unspecified atom stereocenters. The first-order chi connectivity index (χ1) is 7.61. The van der Waals surface area contributed by atoms with Crippen molar-refractivity contribution in [2.75, 3.05) is 14.2 Å². The summed E-state index contributed by atoms with van der Waals surface area (Å²) >= 11 is 1.57. The Labute approximate surface area is 99.8 Å². The number of thioether (sulfide) groups is 1. The number of aliphatic imine (C=N–C) groups is 1. The Balaban J connectivity index is 1.96. The minimum absolute atomic E-state index is 0.0287. The summed E-state index contributed by atoms with van der Waals surface area (Å²) in [6.07, 6.45) is 1.36. The van der Waals surface area contributed by atoms with Crippen LogP contribution >= 0.6 is 11.8 Å². The number of aliphatic hydroxyl groups is 1. The van der Waals surface area contributed by atoms with Crippen LogP contribution in [-0.2, 0) is 9.57 Å². The summed E-state index contributed by atoms with van der Waals surface area (Å²) < 4.78 is 5.81. The molecule has 0 radical (unpaired) electrons. The molecular formula is C10H18N2O3S. The number of rotatable bonds is 2. The largest absolute Gasteiger partial charge is 0.391 e. The molecular weight excluding hydrogens is 228 g/mol. The fraction of sp³-hybridized carbons (Fsp3) is 0.900. The van der Waals surface area contributed by atoms with Crippen LogP contribution in [-0.4, -0.2) is 53.2 Å². The molecule has 6 heteroatoms. The molecule has 0 aromatic rings. The van der Waals surface area contributed by atoms with Gasteiger partial charge in [-0.25, -0.2) is 5.06 Å². The first kappa shape index (κ1) is 12.2. The predicted octanol–water partition coefficient (Wildman–Crippen LogP) is 0.837. The summed E-state index contributed by atoms with van der Waals surface area (Å²) in [5.41, 5.74) is 0.0287. The maximum absolute atomic E-state index is 9.51. The Morgan fingerprint density at radius 1 is 1.62 bits per heavy atom. The van der Waals surface area contributed by atoms with E-state index in [1.165, 1.54) is 0 Å². The van der Waals surface area contributed by atoms with Gasteiger partial charge in [0.15, 0.2) is 5.17 Å². The molecule has 1 saturated heterocycles. The van der Waals surface area contributed by atoms with E-state index < -0.39 is 6.10 Å². The Kier molecular flexibility index (Phi) is 3.73. The fourth-order valence-corrected chi connectivity index (χ4v) is 3.08. The molecule has 0 bridgehead atoms. The summed E-state index contributed by atoms with van der Waals surface area (Å²) in [4.78, 5) is 9.64. The molecule has 0 aliphatic carbocycles. The van der Waals surface area contributed by atoms with Gasteiger partial charge < -0.3 is 9.84 Å². The van der Waals surface area contributed by atoms with E-state index in [0.29, 0.717) is 0 Å². The first-order valence-electron chi connectivity index (χ1n) is 5.47. The summed E-state index contributed by atoms with van der Waals surface area (Å²) in [7, 11) is 3.44. The van der Waals surface area contributed by atoms with Gasteiger partial charge in [-0.3, -0.25) is 9.83 Å². The zero-order chi connectivity index (χ0) is 11.7. The van der Waals surface area contributed by atoms with Crippen LogP contribution in [0.3, 0.4) is 0 Å². The van der Waals surface area contributed by atoms with Crippen LogP contribution in [0.1, 0.15) is 19.8 Å². The van der Waals surface area contributed by atoms with E-state index in [2.05, 4.69) is 4.99 Å². The zero-order valence-corrected chi connectivity index (χ0v) is 10.6. The van der Waals surface area contributed by atoms with Crippen molar-refractivity contribution < 1.29 is 14.7 Å². The quantitative estimate of drug-likeness (QED) is 0.732. The maximum atomic E-state index is 9.51. The highest BCUT2D eigenvalue weighted by atomic mass is 32.2. The number of amidine groups is 1.